The van der Waals surface area contributed by atoms with Gasteiger partial charge in [0.1, 0.15) is 0 Å². The van der Waals surface area contributed by atoms with Crippen LogP contribution in [0.15, 0.2) is 18.2 Å². The molecule has 5 heteroatoms. The number of nitrogens with one attached hydrogen (secondary N) is 1. The summed E-state index contributed by atoms with van der Waals surface area (Å²) in [7, 11) is 0. The number of ether oxygens (including phenoxy) is 1. The lowest BCUT2D eigenvalue weighted by molar-refractivity contribution is -0.121. The van der Waals surface area contributed by atoms with E-state index in [9.17, 15) is 9.18 Å². The monoisotopic (exact) mass is 240 g/mol. The number of hydrogen-bond donors (Lipinski definition) is 2. The molecule has 94 valence electrons. The number of carbonyl (C=O) groups excluding carboxylic acids is 1. The number of nitrogens with two attached hydrogens (primary N) is 1. The van der Waals surface area contributed by atoms with Gasteiger partial charge in [-0.2, -0.15) is 0 Å². The molecule has 17 heavy (non-hydrogen) atoms. The second-order valence-electron chi connectivity index (χ2n) is 3.51. The lowest BCUT2D eigenvalue weighted by Gasteiger charge is -2.08. The van der Waals surface area contributed by atoms with Crippen LogP contribution in [0.4, 0.5) is 4.39 Å². The summed E-state index contributed by atoms with van der Waals surface area (Å²) in [4.78, 5) is 11.2. The fourth-order valence-electron chi connectivity index (χ4n) is 1.35. The third-order valence-corrected chi connectivity index (χ3v) is 2.16. The molecule has 0 aliphatic heterocycles. The second kappa shape index (κ2) is 6.85. The first-order chi connectivity index (χ1) is 8.17. The number of rotatable bonds is 6. The minimum atomic E-state index is -0.419. The lowest BCUT2D eigenvalue weighted by Crippen LogP contribution is -2.25. The van der Waals surface area contributed by atoms with Crippen LogP contribution < -0.4 is 15.8 Å². The highest BCUT2D eigenvalue weighted by atomic mass is 19.1. The standard InChI is InChI=1S/C12H17FN2O2/c1-2-17-11-4-3-9(7-10(11)13)8-15-12(16)5-6-14/h3-4,7H,2,5-6,8,14H2,1H3,(H,15,16). The van der Waals surface area contributed by atoms with Gasteiger partial charge < -0.3 is 15.8 Å². The van der Waals surface area contributed by atoms with Crippen LogP contribution in [0.1, 0.15) is 18.9 Å². The number of amides is 1. The van der Waals surface area contributed by atoms with Gasteiger partial charge in [-0.05, 0) is 24.6 Å². The van der Waals surface area contributed by atoms with Crippen molar-refractivity contribution in [1.29, 1.82) is 0 Å². The van der Waals surface area contributed by atoms with Gasteiger partial charge in [-0.3, -0.25) is 4.79 Å². The average molecular weight is 240 g/mol. The summed E-state index contributed by atoms with van der Waals surface area (Å²) >= 11 is 0. The molecule has 0 aromatic heterocycles. The maximum absolute atomic E-state index is 13.5. The average Bonchev–Trinajstić information content (AvgIpc) is 2.30. The second-order valence-corrected chi connectivity index (χ2v) is 3.51. The maximum Gasteiger partial charge on any atom is 0.221 e. The molecule has 1 aromatic rings. The van der Waals surface area contributed by atoms with E-state index >= 15 is 0 Å². The van der Waals surface area contributed by atoms with Gasteiger partial charge in [-0.25, -0.2) is 4.39 Å². The first-order valence-corrected chi connectivity index (χ1v) is 5.55. The van der Waals surface area contributed by atoms with Gasteiger partial charge in [0.15, 0.2) is 11.6 Å². The summed E-state index contributed by atoms with van der Waals surface area (Å²) in [5, 5.41) is 2.65. The quantitative estimate of drug-likeness (QED) is 0.785. The van der Waals surface area contributed by atoms with Crippen molar-refractivity contribution in [2.45, 2.75) is 19.9 Å². The first-order valence-electron chi connectivity index (χ1n) is 5.55. The number of carbonyl (C=O) groups is 1. The Hall–Kier alpha value is -1.62. The summed E-state index contributed by atoms with van der Waals surface area (Å²) in [6.45, 7) is 2.82. The molecule has 0 saturated carbocycles. The molecule has 0 heterocycles. The van der Waals surface area contributed by atoms with E-state index in [0.29, 0.717) is 25.3 Å². The SMILES string of the molecule is CCOc1ccc(CNC(=O)CCN)cc1F. The number of hydrogen-bond acceptors (Lipinski definition) is 3. The highest BCUT2D eigenvalue weighted by Gasteiger charge is 2.05. The Labute approximate surface area is 100.0 Å². The normalized spacial score (nSPS) is 10.1. The van der Waals surface area contributed by atoms with Gasteiger partial charge in [0.2, 0.25) is 5.91 Å². The van der Waals surface area contributed by atoms with Crippen molar-refractivity contribution in [1.82, 2.24) is 5.32 Å². The molecule has 0 unspecified atom stereocenters. The molecular weight excluding hydrogens is 223 g/mol. The zero-order valence-corrected chi connectivity index (χ0v) is 9.83. The Morgan fingerprint density at radius 1 is 1.53 bits per heavy atom. The zero-order valence-electron chi connectivity index (χ0n) is 9.83. The van der Waals surface area contributed by atoms with Crippen molar-refractivity contribution < 1.29 is 13.9 Å². The molecule has 0 aliphatic rings. The van der Waals surface area contributed by atoms with Gasteiger partial charge >= 0.3 is 0 Å². The highest BCUT2D eigenvalue weighted by molar-refractivity contribution is 5.76. The van der Waals surface area contributed by atoms with Gasteiger partial charge in [-0.15, -0.1) is 0 Å². The Morgan fingerprint density at radius 3 is 2.88 bits per heavy atom. The van der Waals surface area contributed by atoms with Crippen LogP contribution in [0.2, 0.25) is 0 Å². The molecule has 0 radical (unpaired) electrons. The fourth-order valence-corrected chi connectivity index (χ4v) is 1.35. The van der Waals surface area contributed by atoms with Crippen LogP contribution in [0.5, 0.6) is 5.75 Å². The topological polar surface area (TPSA) is 64.3 Å². The molecule has 0 aliphatic carbocycles. The maximum atomic E-state index is 13.5. The molecule has 0 fully saturated rings. The zero-order chi connectivity index (χ0) is 12.7. The molecule has 1 amide bonds. The molecular formula is C12H17FN2O2. The largest absolute Gasteiger partial charge is 0.491 e. The minimum absolute atomic E-state index is 0.137. The first kappa shape index (κ1) is 13.4. The van der Waals surface area contributed by atoms with E-state index in [1.54, 1.807) is 19.1 Å². The van der Waals surface area contributed by atoms with E-state index in [1.807, 2.05) is 0 Å². The van der Waals surface area contributed by atoms with Crippen LogP contribution in [-0.2, 0) is 11.3 Å². The molecule has 0 saturated heterocycles. The molecule has 0 spiro atoms. The molecule has 0 atom stereocenters. The highest BCUT2D eigenvalue weighted by Crippen LogP contribution is 2.18. The summed E-state index contributed by atoms with van der Waals surface area (Å²) in [5.74, 6) is -0.330. The van der Waals surface area contributed by atoms with E-state index in [1.165, 1.54) is 6.07 Å². The minimum Gasteiger partial charge on any atom is -0.491 e. The van der Waals surface area contributed by atoms with Crippen molar-refractivity contribution in [3.63, 3.8) is 0 Å². The van der Waals surface area contributed by atoms with Gasteiger partial charge in [0.25, 0.3) is 0 Å². The molecule has 4 nitrogen and oxygen atoms in total. The third kappa shape index (κ3) is 4.40. The summed E-state index contributed by atoms with van der Waals surface area (Å²) in [6, 6.07) is 4.63. The van der Waals surface area contributed by atoms with E-state index in [4.69, 9.17) is 10.5 Å². The van der Waals surface area contributed by atoms with Crippen molar-refractivity contribution in [2.75, 3.05) is 13.2 Å². The van der Waals surface area contributed by atoms with E-state index in [2.05, 4.69) is 5.32 Å². The Balaban J connectivity index is 2.55. The van der Waals surface area contributed by atoms with E-state index < -0.39 is 5.82 Å². The van der Waals surface area contributed by atoms with E-state index in [-0.39, 0.29) is 18.1 Å². The van der Waals surface area contributed by atoms with Crippen LogP contribution in [0, 0.1) is 5.82 Å². The summed E-state index contributed by atoms with van der Waals surface area (Å²) < 4.78 is 18.5. The fraction of sp³-hybridized carbons (Fsp3) is 0.417. The van der Waals surface area contributed by atoms with Crippen LogP contribution >= 0.6 is 0 Å². The summed E-state index contributed by atoms with van der Waals surface area (Å²) in [5.41, 5.74) is 5.93. The molecule has 1 aromatic carbocycles. The molecule has 1 rings (SSSR count). The van der Waals surface area contributed by atoms with Gasteiger partial charge in [-0.1, -0.05) is 6.07 Å². The van der Waals surface area contributed by atoms with Crippen LogP contribution in [0.3, 0.4) is 0 Å². The van der Waals surface area contributed by atoms with Gasteiger partial charge in [0, 0.05) is 19.5 Å². The van der Waals surface area contributed by atoms with Crippen molar-refractivity contribution in [3.8, 4) is 5.75 Å². The van der Waals surface area contributed by atoms with Gasteiger partial charge in [0.05, 0.1) is 6.61 Å². The number of halogens is 1. The predicted octanol–water partition coefficient (Wildman–Crippen LogP) is 1.19. The lowest BCUT2D eigenvalue weighted by atomic mass is 10.2. The third-order valence-electron chi connectivity index (χ3n) is 2.16. The molecule has 0 bridgehead atoms. The van der Waals surface area contributed by atoms with Crippen LogP contribution in [0.25, 0.3) is 0 Å². The van der Waals surface area contributed by atoms with E-state index in [0.717, 1.165) is 0 Å². The Bertz CT molecular complexity index is 383. The smallest absolute Gasteiger partial charge is 0.221 e. The van der Waals surface area contributed by atoms with Crippen LogP contribution in [-0.4, -0.2) is 19.1 Å². The Morgan fingerprint density at radius 2 is 2.29 bits per heavy atom. The van der Waals surface area contributed by atoms with Crippen molar-refractivity contribution in [3.05, 3.63) is 29.6 Å². The molecule has 3 N–H and O–H groups in total. The van der Waals surface area contributed by atoms with Crippen molar-refractivity contribution >= 4 is 5.91 Å². The van der Waals surface area contributed by atoms with Crippen molar-refractivity contribution in [2.24, 2.45) is 5.73 Å². The predicted molar refractivity (Wildman–Crippen MR) is 63.1 cm³/mol. The number of benzene rings is 1. The Kier molecular flexibility index (Phi) is 5.42. The summed E-state index contributed by atoms with van der Waals surface area (Å²) in [6.07, 6.45) is 0.277.